The second kappa shape index (κ2) is 19.1. The van der Waals surface area contributed by atoms with Crippen molar-refractivity contribution in [3.63, 3.8) is 0 Å². The largest absolute Gasteiger partial charge is 0.466 e. The second-order valence-electron chi connectivity index (χ2n) is 6.95. The van der Waals surface area contributed by atoms with Gasteiger partial charge in [-0.1, -0.05) is 6.92 Å². The zero-order valence-corrected chi connectivity index (χ0v) is 17.7. The third-order valence-electron chi connectivity index (χ3n) is 4.35. The van der Waals surface area contributed by atoms with Gasteiger partial charge in [0, 0.05) is 39.1 Å². The molecule has 0 saturated heterocycles. The van der Waals surface area contributed by atoms with Gasteiger partial charge < -0.3 is 24.6 Å². The number of carbonyl (C=O) groups is 2. The summed E-state index contributed by atoms with van der Waals surface area (Å²) >= 11 is 0. The Labute approximate surface area is 169 Å². The monoisotopic (exact) mass is 404 g/mol. The van der Waals surface area contributed by atoms with Crippen LogP contribution in [-0.4, -0.2) is 98.2 Å². The molecular formula is C20H40N2O6. The zero-order valence-electron chi connectivity index (χ0n) is 17.7. The molecule has 0 spiro atoms. The van der Waals surface area contributed by atoms with Crippen molar-refractivity contribution >= 4 is 11.9 Å². The summed E-state index contributed by atoms with van der Waals surface area (Å²) in [5, 5.41) is 18.1. The van der Waals surface area contributed by atoms with E-state index in [0.29, 0.717) is 45.7 Å². The molecule has 28 heavy (non-hydrogen) atoms. The van der Waals surface area contributed by atoms with Gasteiger partial charge in [-0.25, -0.2) is 0 Å². The van der Waals surface area contributed by atoms with Gasteiger partial charge in [-0.15, -0.1) is 0 Å². The summed E-state index contributed by atoms with van der Waals surface area (Å²) in [6.07, 6.45) is 5.12. The maximum absolute atomic E-state index is 11.9. The summed E-state index contributed by atoms with van der Waals surface area (Å²) in [5.74, 6) is -0.355. The Bertz CT molecular complexity index is 395. The highest BCUT2D eigenvalue weighted by atomic mass is 16.5. The highest BCUT2D eigenvalue weighted by molar-refractivity contribution is 5.69. The first-order valence-electron chi connectivity index (χ1n) is 10.5. The van der Waals surface area contributed by atoms with E-state index in [-0.39, 0.29) is 25.2 Å². The highest BCUT2D eigenvalue weighted by Crippen LogP contribution is 2.03. The molecule has 0 aliphatic carbocycles. The molecule has 0 amide bonds. The van der Waals surface area contributed by atoms with E-state index in [2.05, 4.69) is 0 Å². The van der Waals surface area contributed by atoms with E-state index in [4.69, 9.17) is 19.7 Å². The van der Waals surface area contributed by atoms with Crippen LogP contribution in [0, 0.1) is 0 Å². The molecule has 2 N–H and O–H groups in total. The molecule has 0 atom stereocenters. The fourth-order valence-electron chi connectivity index (χ4n) is 2.60. The number of esters is 2. The number of nitrogens with zero attached hydrogens (tertiary/aromatic N) is 2. The summed E-state index contributed by atoms with van der Waals surface area (Å²) in [7, 11) is 1.93. The smallest absolute Gasteiger partial charge is 0.307 e. The van der Waals surface area contributed by atoms with Crippen LogP contribution in [0.15, 0.2) is 0 Å². The minimum atomic E-state index is -0.222. The Hall–Kier alpha value is -1.22. The molecule has 0 fully saturated rings. The topological polar surface area (TPSA) is 99.5 Å². The summed E-state index contributed by atoms with van der Waals surface area (Å²) in [5.41, 5.74) is 0. The lowest BCUT2D eigenvalue weighted by Crippen LogP contribution is -2.37. The fraction of sp³-hybridized carbons (Fsp3) is 0.900. The zero-order chi connectivity index (χ0) is 21.0. The van der Waals surface area contributed by atoms with E-state index >= 15 is 0 Å². The number of hydrogen-bond donors (Lipinski definition) is 2. The van der Waals surface area contributed by atoms with Crippen molar-refractivity contribution in [2.45, 2.75) is 51.9 Å². The molecule has 166 valence electrons. The van der Waals surface area contributed by atoms with E-state index in [1.54, 1.807) is 0 Å². The average Bonchev–Trinajstić information content (AvgIpc) is 2.66. The second-order valence-corrected chi connectivity index (χ2v) is 6.95. The lowest BCUT2D eigenvalue weighted by molar-refractivity contribution is -0.145. The third kappa shape index (κ3) is 16.9. The van der Waals surface area contributed by atoms with Crippen LogP contribution in [0.3, 0.4) is 0 Å². The Morgan fingerprint density at radius 2 is 1.32 bits per heavy atom. The van der Waals surface area contributed by atoms with Crippen LogP contribution in [0.2, 0.25) is 0 Å². The minimum absolute atomic E-state index is 0.0481. The molecule has 0 aliphatic rings. The third-order valence-corrected chi connectivity index (χ3v) is 4.35. The van der Waals surface area contributed by atoms with Gasteiger partial charge in [0.2, 0.25) is 0 Å². The first kappa shape index (κ1) is 26.8. The number of likely N-dealkylation sites (N-methyl/N-ethyl adjacent to an activating group) is 1. The van der Waals surface area contributed by atoms with Crippen molar-refractivity contribution in [2.24, 2.45) is 0 Å². The van der Waals surface area contributed by atoms with Gasteiger partial charge in [0.05, 0.1) is 32.8 Å². The van der Waals surface area contributed by atoms with Gasteiger partial charge in [0.1, 0.15) is 0 Å². The molecule has 0 rings (SSSR count). The summed E-state index contributed by atoms with van der Waals surface area (Å²) in [6.45, 7) is 6.16. The van der Waals surface area contributed by atoms with Gasteiger partial charge in [-0.2, -0.15) is 0 Å². The highest BCUT2D eigenvalue weighted by Gasteiger charge is 2.10. The summed E-state index contributed by atoms with van der Waals surface area (Å²) < 4.78 is 10.3. The molecule has 0 bridgehead atoms. The number of rotatable bonds is 19. The van der Waals surface area contributed by atoms with Crippen molar-refractivity contribution in [3.8, 4) is 0 Å². The van der Waals surface area contributed by atoms with E-state index < -0.39 is 0 Å². The van der Waals surface area contributed by atoms with E-state index in [0.717, 1.165) is 45.2 Å². The van der Waals surface area contributed by atoms with Gasteiger partial charge in [0.15, 0.2) is 0 Å². The molecule has 0 unspecified atom stereocenters. The van der Waals surface area contributed by atoms with Gasteiger partial charge in [-0.05, 0) is 39.2 Å². The van der Waals surface area contributed by atoms with Gasteiger partial charge in [0.25, 0.3) is 0 Å². The number of ether oxygens (including phenoxy) is 2. The number of carbonyl (C=O) groups excluding carboxylic acids is 2. The van der Waals surface area contributed by atoms with Crippen LogP contribution in [0.4, 0.5) is 0 Å². The van der Waals surface area contributed by atoms with Crippen molar-refractivity contribution < 1.29 is 29.3 Å². The number of unbranched alkanes of at least 4 members (excludes halogenated alkanes) is 3. The lowest BCUT2D eigenvalue weighted by atomic mass is 10.2. The molecule has 0 aliphatic heterocycles. The first-order chi connectivity index (χ1) is 13.5. The minimum Gasteiger partial charge on any atom is -0.466 e. The molecule has 0 aromatic carbocycles. The molecule has 0 radical (unpaired) electrons. The fourth-order valence-corrected chi connectivity index (χ4v) is 2.60. The Morgan fingerprint density at radius 1 is 0.750 bits per heavy atom. The summed E-state index contributed by atoms with van der Waals surface area (Å²) in [6, 6.07) is 0. The van der Waals surface area contributed by atoms with Crippen molar-refractivity contribution in [1.82, 2.24) is 9.80 Å². The molecule has 8 nitrogen and oxygen atoms in total. The Balaban J connectivity index is 3.68. The van der Waals surface area contributed by atoms with Crippen LogP contribution < -0.4 is 0 Å². The van der Waals surface area contributed by atoms with Crippen molar-refractivity contribution in [3.05, 3.63) is 0 Å². The van der Waals surface area contributed by atoms with Crippen molar-refractivity contribution in [1.29, 1.82) is 0 Å². The van der Waals surface area contributed by atoms with Crippen LogP contribution in [0.5, 0.6) is 0 Å². The normalized spacial score (nSPS) is 11.2. The number of hydrogen-bond acceptors (Lipinski definition) is 8. The SMILES string of the molecule is CCCC(=O)OCCCCCCOC(=O)CCN(CCO)CCN(C)CCO. The first-order valence-corrected chi connectivity index (χ1v) is 10.5. The van der Waals surface area contributed by atoms with E-state index in [1.807, 2.05) is 23.8 Å². The molecule has 0 aromatic rings. The van der Waals surface area contributed by atoms with Crippen molar-refractivity contribution in [2.75, 3.05) is 66.2 Å². The average molecular weight is 405 g/mol. The molecule has 0 saturated carbocycles. The number of aliphatic hydroxyl groups is 2. The predicted molar refractivity (Wildman–Crippen MR) is 108 cm³/mol. The molecular weight excluding hydrogens is 364 g/mol. The Kier molecular flexibility index (Phi) is 18.3. The standard InChI is InChI=1S/C20H40N2O6/c1-3-8-19(25)27-17-6-4-5-7-18-28-20(26)9-10-22(14-16-24)12-11-21(2)13-15-23/h23-24H,3-18H2,1-2H3. The van der Waals surface area contributed by atoms with Crippen LogP contribution >= 0.6 is 0 Å². The van der Waals surface area contributed by atoms with E-state index in [9.17, 15) is 9.59 Å². The molecule has 8 heteroatoms. The maximum atomic E-state index is 11.9. The van der Waals surface area contributed by atoms with Gasteiger partial charge in [-0.3, -0.25) is 14.5 Å². The van der Waals surface area contributed by atoms with Gasteiger partial charge >= 0.3 is 11.9 Å². The predicted octanol–water partition coefficient (Wildman–Crippen LogP) is 1.04. The quantitative estimate of drug-likeness (QED) is 0.243. The lowest BCUT2D eigenvalue weighted by Gasteiger charge is -2.24. The Morgan fingerprint density at radius 3 is 1.86 bits per heavy atom. The van der Waals surface area contributed by atoms with Crippen LogP contribution in [-0.2, 0) is 19.1 Å². The molecule has 0 heterocycles. The van der Waals surface area contributed by atoms with Crippen LogP contribution in [0.25, 0.3) is 0 Å². The van der Waals surface area contributed by atoms with E-state index in [1.165, 1.54) is 0 Å². The maximum Gasteiger partial charge on any atom is 0.307 e. The number of aliphatic hydroxyl groups excluding tert-OH is 2. The molecule has 0 aromatic heterocycles. The van der Waals surface area contributed by atoms with Crippen LogP contribution in [0.1, 0.15) is 51.9 Å². The summed E-state index contributed by atoms with van der Waals surface area (Å²) in [4.78, 5) is 27.1.